The first-order valence-corrected chi connectivity index (χ1v) is 7.80. The summed E-state index contributed by atoms with van der Waals surface area (Å²) in [6.45, 7) is 2.92. The van der Waals surface area contributed by atoms with Gasteiger partial charge in [0.25, 0.3) is 0 Å². The van der Waals surface area contributed by atoms with Gasteiger partial charge in [-0.05, 0) is 31.5 Å². The molecular weight excluding hydrogens is 266 g/mol. The maximum absolute atomic E-state index is 12.2. The molecule has 2 aliphatic heterocycles. The van der Waals surface area contributed by atoms with Gasteiger partial charge in [-0.25, -0.2) is 0 Å². The summed E-state index contributed by atoms with van der Waals surface area (Å²) in [5.41, 5.74) is 1.04. The van der Waals surface area contributed by atoms with Crippen LogP contribution in [0.1, 0.15) is 31.2 Å². The van der Waals surface area contributed by atoms with Gasteiger partial charge in [-0.15, -0.1) is 0 Å². The molecule has 0 aromatic heterocycles. The molecule has 21 heavy (non-hydrogen) atoms. The molecule has 1 unspecified atom stereocenters. The first-order chi connectivity index (χ1) is 10.2. The minimum absolute atomic E-state index is 0.0414. The fourth-order valence-corrected chi connectivity index (χ4v) is 3.53. The second-order valence-corrected chi connectivity index (χ2v) is 6.29. The van der Waals surface area contributed by atoms with Crippen molar-refractivity contribution in [1.29, 1.82) is 0 Å². The monoisotopic (exact) mass is 289 g/mol. The Morgan fingerprint density at radius 2 is 1.95 bits per heavy atom. The van der Waals surface area contributed by atoms with Crippen molar-refractivity contribution in [2.45, 2.75) is 38.3 Å². The van der Waals surface area contributed by atoms with Crippen LogP contribution in [-0.4, -0.2) is 41.8 Å². The summed E-state index contributed by atoms with van der Waals surface area (Å²) in [6.07, 6.45) is 3.02. The molecule has 2 saturated heterocycles. The van der Waals surface area contributed by atoms with Crippen molar-refractivity contribution in [3.8, 4) is 0 Å². The Bertz CT molecular complexity index is 480. The highest BCUT2D eigenvalue weighted by Crippen LogP contribution is 2.43. The van der Waals surface area contributed by atoms with Gasteiger partial charge in [-0.2, -0.15) is 0 Å². The van der Waals surface area contributed by atoms with Gasteiger partial charge in [-0.1, -0.05) is 30.3 Å². The van der Waals surface area contributed by atoms with Gasteiger partial charge in [0.05, 0.1) is 5.41 Å². The second-order valence-electron chi connectivity index (χ2n) is 6.29. The van der Waals surface area contributed by atoms with E-state index in [-0.39, 0.29) is 24.1 Å². The average molecular weight is 289 g/mol. The van der Waals surface area contributed by atoms with Gasteiger partial charge in [0.1, 0.15) is 6.10 Å². The SMILES string of the molecule is O=C1OC(CCO)CC12CCN(Cc1ccccc1)CC2. The van der Waals surface area contributed by atoms with Crippen LogP contribution in [0.3, 0.4) is 0 Å². The highest BCUT2D eigenvalue weighted by atomic mass is 16.6. The van der Waals surface area contributed by atoms with Crippen molar-refractivity contribution < 1.29 is 14.6 Å². The molecule has 0 radical (unpaired) electrons. The molecule has 3 rings (SSSR count). The van der Waals surface area contributed by atoms with Gasteiger partial charge < -0.3 is 9.84 Å². The fourth-order valence-electron chi connectivity index (χ4n) is 3.53. The maximum atomic E-state index is 12.2. The lowest BCUT2D eigenvalue weighted by Gasteiger charge is -2.36. The Labute approximate surface area is 125 Å². The lowest BCUT2D eigenvalue weighted by Crippen LogP contribution is -2.42. The number of ether oxygens (including phenoxy) is 1. The van der Waals surface area contributed by atoms with E-state index in [4.69, 9.17) is 9.84 Å². The zero-order chi connectivity index (χ0) is 14.7. The standard InChI is InChI=1S/C17H23NO3/c19-11-6-15-12-17(16(20)21-15)7-9-18(10-8-17)13-14-4-2-1-3-5-14/h1-5,15,19H,6-13H2. The van der Waals surface area contributed by atoms with Crippen molar-refractivity contribution in [2.24, 2.45) is 5.41 Å². The largest absolute Gasteiger partial charge is 0.462 e. The van der Waals surface area contributed by atoms with Gasteiger partial charge in [0, 0.05) is 26.0 Å². The Balaban J connectivity index is 1.56. The maximum Gasteiger partial charge on any atom is 0.312 e. The van der Waals surface area contributed by atoms with Gasteiger partial charge in [0.15, 0.2) is 0 Å². The normalized spacial score (nSPS) is 25.2. The Hall–Kier alpha value is -1.39. The Morgan fingerprint density at radius 3 is 2.62 bits per heavy atom. The predicted molar refractivity (Wildman–Crippen MR) is 79.6 cm³/mol. The zero-order valence-electron chi connectivity index (χ0n) is 12.3. The van der Waals surface area contributed by atoms with Crippen molar-refractivity contribution in [2.75, 3.05) is 19.7 Å². The van der Waals surface area contributed by atoms with E-state index >= 15 is 0 Å². The van der Waals surface area contributed by atoms with E-state index in [1.807, 2.05) is 6.07 Å². The number of esters is 1. The molecule has 4 nitrogen and oxygen atoms in total. The number of aliphatic hydroxyl groups is 1. The van der Waals surface area contributed by atoms with E-state index in [0.29, 0.717) is 6.42 Å². The summed E-state index contributed by atoms with van der Waals surface area (Å²) in [5.74, 6) is -0.0414. The quantitative estimate of drug-likeness (QED) is 0.861. The van der Waals surface area contributed by atoms with Crippen LogP contribution in [0.5, 0.6) is 0 Å². The van der Waals surface area contributed by atoms with Crippen LogP contribution in [0.15, 0.2) is 30.3 Å². The molecule has 4 heteroatoms. The number of nitrogens with zero attached hydrogens (tertiary/aromatic N) is 1. The highest BCUT2D eigenvalue weighted by molar-refractivity contribution is 5.79. The van der Waals surface area contributed by atoms with E-state index in [1.165, 1.54) is 5.56 Å². The van der Waals surface area contributed by atoms with Crippen molar-refractivity contribution in [3.05, 3.63) is 35.9 Å². The average Bonchev–Trinajstić information content (AvgIpc) is 2.79. The number of carbonyl (C=O) groups is 1. The first kappa shape index (κ1) is 14.5. The van der Waals surface area contributed by atoms with E-state index in [0.717, 1.165) is 38.9 Å². The molecule has 1 N–H and O–H groups in total. The number of benzene rings is 1. The molecule has 0 aliphatic carbocycles. The summed E-state index contributed by atoms with van der Waals surface area (Å²) < 4.78 is 5.43. The summed E-state index contributed by atoms with van der Waals surface area (Å²) in [7, 11) is 0. The van der Waals surface area contributed by atoms with Crippen LogP contribution in [0.4, 0.5) is 0 Å². The van der Waals surface area contributed by atoms with Gasteiger partial charge in [-0.3, -0.25) is 9.69 Å². The Kier molecular flexibility index (Phi) is 4.27. The topological polar surface area (TPSA) is 49.8 Å². The third-order valence-corrected chi connectivity index (χ3v) is 4.84. The predicted octanol–water partition coefficient (Wildman–Crippen LogP) is 1.97. The number of carbonyl (C=O) groups excluding carboxylic acids is 1. The fraction of sp³-hybridized carbons (Fsp3) is 0.588. The molecule has 1 atom stereocenters. The van der Waals surface area contributed by atoms with Gasteiger partial charge >= 0.3 is 5.97 Å². The van der Waals surface area contributed by atoms with E-state index < -0.39 is 0 Å². The van der Waals surface area contributed by atoms with Crippen LogP contribution in [-0.2, 0) is 16.1 Å². The van der Waals surface area contributed by atoms with Gasteiger partial charge in [0.2, 0.25) is 0 Å². The Morgan fingerprint density at radius 1 is 1.24 bits per heavy atom. The summed E-state index contributed by atoms with van der Waals surface area (Å²) in [4.78, 5) is 14.6. The number of likely N-dealkylation sites (tertiary alicyclic amines) is 1. The molecule has 114 valence electrons. The molecule has 2 heterocycles. The van der Waals surface area contributed by atoms with Crippen LogP contribution in [0.25, 0.3) is 0 Å². The minimum atomic E-state index is -0.285. The van der Waals surface area contributed by atoms with Crippen molar-refractivity contribution in [1.82, 2.24) is 4.90 Å². The summed E-state index contributed by atoms with van der Waals surface area (Å²) in [5, 5.41) is 9.01. The van der Waals surface area contributed by atoms with Crippen LogP contribution < -0.4 is 0 Å². The molecule has 1 spiro atoms. The van der Waals surface area contributed by atoms with Crippen LogP contribution >= 0.6 is 0 Å². The van der Waals surface area contributed by atoms with E-state index in [1.54, 1.807) is 0 Å². The number of aliphatic hydroxyl groups excluding tert-OH is 1. The van der Waals surface area contributed by atoms with Crippen LogP contribution in [0.2, 0.25) is 0 Å². The summed E-state index contributed by atoms with van der Waals surface area (Å²) in [6, 6.07) is 10.4. The number of rotatable bonds is 4. The molecule has 0 amide bonds. The van der Waals surface area contributed by atoms with Crippen molar-refractivity contribution >= 4 is 5.97 Å². The molecule has 0 saturated carbocycles. The second kappa shape index (κ2) is 6.16. The molecule has 2 aliphatic rings. The summed E-state index contributed by atoms with van der Waals surface area (Å²) >= 11 is 0. The third kappa shape index (κ3) is 3.11. The highest BCUT2D eigenvalue weighted by Gasteiger charge is 2.49. The molecular formula is C17H23NO3. The molecule has 1 aromatic carbocycles. The molecule has 2 fully saturated rings. The number of cyclic esters (lactones) is 1. The van der Waals surface area contributed by atoms with E-state index in [9.17, 15) is 4.79 Å². The lowest BCUT2D eigenvalue weighted by molar-refractivity contribution is -0.151. The lowest BCUT2D eigenvalue weighted by atomic mass is 9.75. The van der Waals surface area contributed by atoms with Crippen molar-refractivity contribution in [3.63, 3.8) is 0 Å². The number of hydrogen-bond donors (Lipinski definition) is 1. The molecule has 0 bridgehead atoms. The number of hydrogen-bond acceptors (Lipinski definition) is 4. The van der Waals surface area contributed by atoms with E-state index in [2.05, 4.69) is 29.2 Å². The third-order valence-electron chi connectivity index (χ3n) is 4.84. The minimum Gasteiger partial charge on any atom is -0.462 e. The molecule has 1 aromatic rings. The smallest absolute Gasteiger partial charge is 0.312 e. The first-order valence-electron chi connectivity index (χ1n) is 7.80. The number of piperidine rings is 1. The zero-order valence-corrected chi connectivity index (χ0v) is 12.3. The van der Waals surface area contributed by atoms with Crippen LogP contribution in [0, 0.1) is 5.41 Å².